The lowest BCUT2D eigenvalue weighted by Crippen LogP contribution is -2.43. The summed E-state index contributed by atoms with van der Waals surface area (Å²) in [6.07, 6.45) is 1.99. The summed E-state index contributed by atoms with van der Waals surface area (Å²) in [5.74, 6) is -0.832. The van der Waals surface area contributed by atoms with Gasteiger partial charge in [0.2, 0.25) is 0 Å². The van der Waals surface area contributed by atoms with Gasteiger partial charge >= 0.3 is 12.1 Å². The maximum atomic E-state index is 12.8. The number of fused-ring (bicyclic) bond motifs is 3. The molecule has 2 aliphatic rings. The van der Waals surface area contributed by atoms with Crippen LogP contribution in [0.15, 0.2) is 61.2 Å². The fourth-order valence-corrected chi connectivity index (χ4v) is 4.97. The van der Waals surface area contributed by atoms with Crippen LogP contribution in [0.3, 0.4) is 0 Å². The molecule has 2 aromatic rings. The molecule has 2 heterocycles. The molecule has 1 N–H and O–H groups in total. The Morgan fingerprint density at radius 1 is 1.20 bits per heavy atom. The van der Waals surface area contributed by atoms with Crippen molar-refractivity contribution in [2.24, 2.45) is 5.92 Å². The first-order valence-electron chi connectivity index (χ1n) is 10.3. The molecule has 2 aliphatic heterocycles. The van der Waals surface area contributed by atoms with Crippen LogP contribution in [0.5, 0.6) is 0 Å². The number of hydrogen-bond acceptors (Lipinski definition) is 4. The Balaban J connectivity index is 1.85. The zero-order valence-corrected chi connectivity index (χ0v) is 17.0. The van der Waals surface area contributed by atoms with Crippen molar-refractivity contribution in [3.05, 3.63) is 77.9 Å². The molecule has 3 unspecified atom stereocenters. The van der Waals surface area contributed by atoms with Crippen LogP contribution in [0.1, 0.15) is 46.9 Å². The van der Waals surface area contributed by atoms with E-state index in [0.717, 1.165) is 24.2 Å². The van der Waals surface area contributed by atoms with Gasteiger partial charge in [0, 0.05) is 24.7 Å². The van der Waals surface area contributed by atoms with Gasteiger partial charge in [0.15, 0.2) is 0 Å². The molecular weight excluding hydrogens is 380 g/mol. The highest BCUT2D eigenvalue weighted by Gasteiger charge is 2.49. The van der Waals surface area contributed by atoms with Crippen LogP contribution in [0, 0.1) is 5.92 Å². The third-order valence-electron chi connectivity index (χ3n) is 6.13. The Morgan fingerprint density at radius 3 is 2.63 bits per heavy atom. The number of ether oxygens (including phenoxy) is 1. The Bertz CT molecular complexity index is 959. The quantitative estimate of drug-likeness (QED) is 0.732. The number of likely N-dealkylation sites (tertiary alicyclic amines) is 1. The molecule has 156 valence electrons. The second-order valence-electron chi connectivity index (χ2n) is 7.68. The zero-order valence-electron chi connectivity index (χ0n) is 17.0. The van der Waals surface area contributed by atoms with Gasteiger partial charge in [-0.3, -0.25) is 0 Å². The standard InChI is InChI=1S/C24H26N2O4/c1-3-14-30-24(29)26-13-12-18-21(16-8-6-5-7-9-16)25(4-2)20-11-10-17(23(27)28)15-19(20)22(18)26/h3,5-11,15,18,21-22H,1,4,12-14H2,2H3,(H,27,28). The highest BCUT2D eigenvalue weighted by Crippen LogP contribution is 2.54. The number of carbonyl (C=O) groups is 2. The van der Waals surface area contributed by atoms with Crippen molar-refractivity contribution in [2.45, 2.75) is 25.4 Å². The number of anilines is 1. The number of benzene rings is 2. The van der Waals surface area contributed by atoms with Crippen LogP contribution in [0.25, 0.3) is 0 Å². The molecule has 30 heavy (non-hydrogen) atoms. The molecule has 0 bridgehead atoms. The number of aromatic carboxylic acids is 1. The molecule has 6 heteroatoms. The first-order valence-corrected chi connectivity index (χ1v) is 10.3. The molecule has 0 radical (unpaired) electrons. The number of amides is 1. The number of hydrogen-bond donors (Lipinski definition) is 1. The molecular formula is C24H26N2O4. The van der Waals surface area contributed by atoms with Crippen LogP contribution >= 0.6 is 0 Å². The summed E-state index contributed by atoms with van der Waals surface area (Å²) in [5, 5.41) is 9.54. The van der Waals surface area contributed by atoms with Gasteiger partial charge in [0.05, 0.1) is 17.6 Å². The highest BCUT2D eigenvalue weighted by molar-refractivity contribution is 5.89. The molecule has 6 nitrogen and oxygen atoms in total. The van der Waals surface area contributed by atoms with E-state index in [0.29, 0.717) is 6.54 Å². The summed E-state index contributed by atoms with van der Waals surface area (Å²) in [6.45, 7) is 7.22. The van der Waals surface area contributed by atoms with Gasteiger partial charge in [0.1, 0.15) is 6.61 Å². The average molecular weight is 406 g/mol. The van der Waals surface area contributed by atoms with Crippen molar-refractivity contribution in [2.75, 3.05) is 24.6 Å². The van der Waals surface area contributed by atoms with Gasteiger partial charge < -0.3 is 19.6 Å². The SMILES string of the molecule is C=CCOC(=O)N1CCC2C1c1cc(C(=O)O)ccc1N(CC)C2c1ccccc1. The Hall–Kier alpha value is -3.28. The maximum absolute atomic E-state index is 12.8. The van der Waals surface area contributed by atoms with E-state index in [1.165, 1.54) is 5.56 Å². The van der Waals surface area contributed by atoms with E-state index in [1.54, 1.807) is 23.1 Å². The number of carbonyl (C=O) groups excluding carboxylic acids is 1. The van der Waals surface area contributed by atoms with E-state index in [1.807, 2.05) is 24.3 Å². The second kappa shape index (κ2) is 8.22. The highest BCUT2D eigenvalue weighted by atomic mass is 16.6. The van der Waals surface area contributed by atoms with Crippen LogP contribution in [0.2, 0.25) is 0 Å². The van der Waals surface area contributed by atoms with Crippen molar-refractivity contribution in [3.8, 4) is 0 Å². The molecule has 0 saturated carbocycles. The van der Waals surface area contributed by atoms with Crippen molar-refractivity contribution in [1.82, 2.24) is 4.90 Å². The molecule has 0 spiro atoms. The number of rotatable bonds is 5. The largest absolute Gasteiger partial charge is 0.478 e. The van der Waals surface area contributed by atoms with Crippen LogP contribution in [-0.2, 0) is 4.74 Å². The molecule has 1 amide bonds. The summed E-state index contributed by atoms with van der Waals surface area (Å²) in [6, 6.07) is 15.4. The Morgan fingerprint density at radius 2 is 1.97 bits per heavy atom. The van der Waals surface area contributed by atoms with Gasteiger partial charge in [-0.05, 0) is 42.7 Å². The van der Waals surface area contributed by atoms with E-state index in [9.17, 15) is 14.7 Å². The summed E-state index contributed by atoms with van der Waals surface area (Å²) in [7, 11) is 0. The van der Waals surface area contributed by atoms with Gasteiger partial charge in [-0.1, -0.05) is 43.0 Å². The monoisotopic (exact) mass is 406 g/mol. The maximum Gasteiger partial charge on any atom is 0.410 e. The first kappa shape index (κ1) is 20.0. The molecule has 4 rings (SSSR count). The average Bonchev–Trinajstić information content (AvgIpc) is 3.21. The van der Waals surface area contributed by atoms with Crippen molar-refractivity contribution >= 4 is 17.7 Å². The number of carboxylic acid groups (broad SMARTS) is 1. The first-order chi connectivity index (χ1) is 14.6. The minimum atomic E-state index is -0.971. The van der Waals surface area contributed by atoms with E-state index in [4.69, 9.17) is 4.74 Å². The zero-order chi connectivity index (χ0) is 21.3. The van der Waals surface area contributed by atoms with Crippen LogP contribution in [-0.4, -0.2) is 41.8 Å². The summed E-state index contributed by atoms with van der Waals surface area (Å²) >= 11 is 0. The Labute approximate surface area is 176 Å². The van der Waals surface area contributed by atoms with Crippen LogP contribution < -0.4 is 4.90 Å². The van der Waals surface area contributed by atoms with E-state index in [-0.39, 0.29) is 36.3 Å². The third-order valence-corrected chi connectivity index (χ3v) is 6.13. The van der Waals surface area contributed by atoms with Crippen molar-refractivity contribution in [3.63, 3.8) is 0 Å². The van der Waals surface area contributed by atoms with Gasteiger partial charge in [-0.15, -0.1) is 0 Å². The lowest BCUT2D eigenvalue weighted by Gasteiger charge is -2.46. The van der Waals surface area contributed by atoms with Crippen molar-refractivity contribution < 1.29 is 19.4 Å². The van der Waals surface area contributed by atoms with Gasteiger partial charge in [-0.2, -0.15) is 0 Å². The van der Waals surface area contributed by atoms with E-state index < -0.39 is 5.97 Å². The number of nitrogens with zero attached hydrogens (tertiary/aromatic N) is 2. The minimum absolute atomic E-state index is 0.0987. The molecule has 0 aliphatic carbocycles. The Kier molecular flexibility index (Phi) is 5.48. The number of carboxylic acids is 1. The smallest absolute Gasteiger partial charge is 0.410 e. The van der Waals surface area contributed by atoms with E-state index in [2.05, 4.69) is 30.5 Å². The van der Waals surface area contributed by atoms with Crippen molar-refractivity contribution in [1.29, 1.82) is 0 Å². The molecule has 0 aromatic heterocycles. The fourth-order valence-electron chi connectivity index (χ4n) is 4.97. The molecule has 1 fully saturated rings. The van der Waals surface area contributed by atoms with E-state index >= 15 is 0 Å². The normalized spacial score (nSPS) is 22.2. The summed E-state index contributed by atoms with van der Waals surface area (Å²) < 4.78 is 5.35. The molecule has 2 aromatic carbocycles. The molecule has 1 saturated heterocycles. The predicted octanol–water partition coefficient (Wildman–Crippen LogP) is 4.65. The third kappa shape index (κ3) is 3.32. The minimum Gasteiger partial charge on any atom is -0.478 e. The predicted molar refractivity (Wildman–Crippen MR) is 115 cm³/mol. The molecule has 3 atom stereocenters. The topological polar surface area (TPSA) is 70.1 Å². The van der Waals surface area contributed by atoms with Crippen LogP contribution in [0.4, 0.5) is 10.5 Å². The van der Waals surface area contributed by atoms with Gasteiger partial charge in [-0.25, -0.2) is 9.59 Å². The summed E-state index contributed by atoms with van der Waals surface area (Å²) in [5.41, 5.74) is 3.28. The lowest BCUT2D eigenvalue weighted by molar-refractivity contribution is 0.0696. The lowest BCUT2D eigenvalue weighted by atomic mass is 9.78. The second-order valence-corrected chi connectivity index (χ2v) is 7.68. The fraction of sp³-hybridized carbons (Fsp3) is 0.333. The summed E-state index contributed by atoms with van der Waals surface area (Å²) in [4.78, 5) is 28.5. The van der Waals surface area contributed by atoms with Gasteiger partial charge in [0.25, 0.3) is 0 Å².